The SMILES string of the molecule is Cc1cc(F)ccc1CC(O)C1CCCC(C(F)(F)F)C1. The zero-order chi connectivity index (χ0) is 15.6. The Labute approximate surface area is 122 Å². The molecule has 0 radical (unpaired) electrons. The van der Waals surface area contributed by atoms with Crippen molar-refractivity contribution in [2.75, 3.05) is 0 Å². The zero-order valence-electron chi connectivity index (χ0n) is 12.0. The lowest BCUT2D eigenvalue weighted by Gasteiger charge is -2.33. The third-order valence-corrected chi connectivity index (χ3v) is 4.46. The minimum atomic E-state index is -4.18. The Kier molecular flexibility index (Phi) is 4.91. The fourth-order valence-electron chi connectivity index (χ4n) is 3.15. The molecule has 3 atom stereocenters. The second kappa shape index (κ2) is 6.34. The Morgan fingerprint density at radius 2 is 2.00 bits per heavy atom. The monoisotopic (exact) mass is 304 g/mol. The molecule has 1 aromatic rings. The summed E-state index contributed by atoms with van der Waals surface area (Å²) in [6.07, 6.45) is -3.44. The minimum Gasteiger partial charge on any atom is -0.392 e. The lowest BCUT2D eigenvalue weighted by molar-refractivity contribution is -0.188. The fourth-order valence-corrected chi connectivity index (χ4v) is 3.15. The van der Waals surface area contributed by atoms with Gasteiger partial charge in [0.25, 0.3) is 0 Å². The van der Waals surface area contributed by atoms with Crippen LogP contribution in [0, 0.1) is 24.6 Å². The van der Waals surface area contributed by atoms with Crippen LogP contribution >= 0.6 is 0 Å². The van der Waals surface area contributed by atoms with E-state index in [-0.39, 0.29) is 31.0 Å². The Hall–Kier alpha value is -1.10. The van der Waals surface area contributed by atoms with Gasteiger partial charge in [-0.05, 0) is 61.8 Å². The summed E-state index contributed by atoms with van der Waals surface area (Å²) >= 11 is 0. The van der Waals surface area contributed by atoms with E-state index >= 15 is 0 Å². The summed E-state index contributed by atoms with van der Waals surface area (Å²) in [5.74, 6) is -1.99. The van der Waals surface area contributed by atoms with Crippen molar-refractivity contribution in [3.8, 4) is 0 Å². The molecule has 5 heteroatoms. The summed E-state index contributed by atoms with van der Waals surface area (Å²) < 4.78 is 51.4. The average molecular weight is 304 g/mol. The second-order valence-corrected chi connectivity index (χ2v) is 6.01. The molecule has 118 valence electrons. The first-order chi connectivity index (χ1) is 9.77. The van der Waals surface area contributed by atoms with Crippen molar-refractivity contribution < 1.29 is 22.7 Å². The molecule has 3 unspecified atom stereocenters. The van der Waals surface area contributed by atoms with Gasteiger partial charge in [-0.2, -0.15) is 13.2 Å². The maximum Gasteiger partial charge on any atom is 0.391 e. The number of benzene rings is 1. The smallest absolute Gasteiger partial charge is 0.391 e. The Morgan fingerprint density at radius 3 is 2.62 bits per heavy atom. The standard InChI is InChI=1S/C16H20F4O/c1-10-7-14(17)6-5-11(10)9-15(21)12-3-2-4-13(8-12)16(18,19)20/h5-7,12-13,15,21H,2-4,8-9H2,1H3. The molecular weight excluding hydrogens is 284 g/mol. The van der Waals surface area contributed by atoms with Crippen molar-refractivity contribution in [3.63, 3.8) is 0 Å². The van der Waals surface area contributed by atoms with E-state index in [1.165, 1.54) is 12.1 Å². The predicted octanol–water partition coefficient (Wildman–Crippen LogP) is 4.41. The van der Waals surface area contributed by atoms with E-state index in [0.717, 1.165) is 11.1 Å². The van der Waals surface area contributed by atoms with Gasteiger partial charge in [-0.1, -0.05) is 12.5 Å². The highest BCUT2D eigenvalue weighted by molar-refractivity contribution is 5.27. The van der Waals surface area contributed by atoms with Gasteiger partial charge in [0.05, 0.1) is 12.0 Å². The highest BCUT2D eigenvalue weighted by Gasteiger charge is 2.43. The predicted molar refractivity (Wildman–Crippen MR) is 72.4 cm³/mol. The van der Waals surface area contributed by atoms with Gasteiger partial charge in [0.15, 0.2) is 0 Å². The van der Waals surface area contributed by atoms with Crippen LogP contribution in [0.3, 0.4) is 0 Å². The van der Waals surface area contributed by atoms with Crippen LogP contribution < -0.4 is 0 Å². The van der Waals surface area contributed by atoms with Gasteiger partial charge in [-0.3, -0.25) is 0 Å². The lowest BCUT2D eigenvalue weighted by atomic mass is 9.77. The van der Waals surface area contributed by atoms with E-state index in [1.807, 2.05) is 0 Å². The van der Waals surface area contributed by atoms with Crippen molar-refractivity contribution in [3.05, 3.63) is 35.1 Å². The Balaban J connectivity index is 2.01. The number of rotatable bonds is 3. The molecule has 1 saturated carbocycles. The van der Waals surface area contributed by atoms with E-state index in [2.05, 4.69) is 0 Å². The lowest BCUT2D eigenvalue weighted by Crippen LogP contribution is -2.34. The van der Waals surface area contributed by atoms with Crippen LogP contribution in [-0.4, -0.2) is 17.4 Å². The molecule has 1 aromatic carbocycles. The topological polar surface area (TPSA) is 20.2 Å². The Bertz CT molecular complexity index is 484. The molecule has 2 rings (SSSR count). The molecule has 0 amide bonds. The van der Waals surface area contributed by atoms with Crippen molar-refractivity contribution in [2.45, 2.75) is 51.3 Å². The van der Waals surface area contributed by atoms with Gasteiger partial charge in [0.1, 0.15) is 5.82 Å². The maximum atomic E-state index is 13.0. The first kappa shape index (κ1) is 16.3. The molecule has 1 nitrogen and oxygen atoms in total. The first-order valence-electron chi connectivity index (χ1n) is 7.27. The molecule has 0 bridgehead atoms. The maximum absolute atomic E-state index is 13.0. The summed E-state index contributed by atoms with van der Waals surface area (Å²) in [6.45, 7) is 1.74. The van der Waals surface area contributed by atoms with Gasteiger partial charge in [0.2, 0.25) is 0 Å². The third kappa shape index (κ3) is 4.19. The van der Waals surface area contributed by atoms with E-state index < -0.39 is 18.2 Å². The highest BCUT2D eigenvalue weighted by Crippen LogP contribution is 2.41. The van der Waals surface area contributed by atoms with Crippen LogP contribution in [0.25, 0.3) is 0 Å². The van der Waals surface area contributed by atoms with Crippen LogP contribution in [0.5, 0.6) is 0 Å². The highest BCUT2D eigenvalue weighted by atomic mass is 19.4. The molecule has 0 spiro atoms. The number of alkyl halides is 3. The van der Waals surface area contributed by atoms with Crippen molar-refractivity contribution in [2.24, 2.45) is 11.8 Å². The number of hydrogen-bond donors (Lipinski definition) is 1. The van der Waals surface area contributed by atoms with Crippen molar-refractivity contribution in [1.82, 2.24) is 0 Å². The second-order valence-electron chi connectivity index (χ2n) is 6.01. The average Bonchev–Trinajstić information content (AvgIpc) is 2.41. The first-order valence-corrected chi connectivity index (χ1v) is 7.27. The molecule has 21 heavy (non-hydrogen) atoms. The van der Waals surface area contributed by atoms with Crippen LogP contribution in [0.1, 0.15) is 36.8 Å². The van der Waals surface area contributed by atoms with Gasteiger partial charge >= 0.3 is 6.18 Å². The molecule has 0 saturated heterocycles. The summed E-state index contributed by atoms with van der Waals surface area (Å²) in [6, 6.07) is 4.29. The van der Waals surface area contributed by atoms with Gasteiger partial charge < -0.3 is 5.11 Å². The van der Waals surface area contributed by atoms with Gasteiger partial charge in [-0.25, -0.2) is 4.39 Å². The number of aliphatic hydroxyl groups excluding tert-OH is 1. The quantitative estimate of drug-likeness (QED) is 0.820. The van der Waals surface area contributed by atoms with Crippen LogP contribution in [0.15, 0.2) is 18.2 Å². The molecule has 1 fully saturated rings. The van der Waals surface area contributed by atoms with Crippen LogP contribution in [0.4, 0.5) is 17.6 Å². The van der Waals surface area contributed by atoms with E-state index in [1.54, 1.807) is 13.0 Å². The summed E-state index contributed by atoms with van der Waals surface area (Å²) in [5, 5.41) is 10.2. The minimum absolute atomic E-state index is 0.00902. The summed E-state index contributed by atoms with van der Waals surface area (Å²) in [4.78, 5) is 0. The number of aliphatic hydroxyl groups is 1. The number of halogens is 4. The Morgan fingerprint density at radius 1 is 1.29 bits per heavy atom. The van der Waals surface area contributed by atoms with E-state index in [4.69, 9.17) is 0 Å². The van der Waals surface area contributed by atoms with Crippen molar-refractivity contribution >= 4 is 0 Å². The molecule has 0 aliphatic heterocycles. The van der Waals surface area contributed by atoms with E-state index in [9.17, 15) is 22.7 Å². The van der Waals surface area contributed by atoms with Crippen LogP contribution in [0.2, 0.25) is 0 Å². The molecule has 0 aromatic heterocycles. The van der Waals surface area contributed by atoms with Crippen molar-refractivity contribution in [1.29, 1.82) is 0 Å². The molecule has 1 aliphatic carbocycles. The van der Waals surface area contributed by atoms with Crippen LogP contribution in [-0.2, 0) is 6.42 Å². The summed E-state index contributed by atoms with van der Waals surface area (Å²) in [5.41, 5.74) is 1.51. The molecule has 1 N–H and O–H groups in total. The zero-order valence-corrected chi connectivity index (χ0v) is 12.0. The third-order valence-electron chi connectivity index (χ3n) is 4.46. The normalized spacial score (nSPS) is 24.9. The molecule has 0 heterocycles. The largest absolute Gasteiger partial charge is 0.392 e. The summed E-state index contributed by atoms with van der Waals surface area (Å²) in [7, 11) is 0. The van der Waals surface area contributed by atoms with Gasteiger partial charge in [0, 0.05) is 0 Å². The number of aryl methyl sites for hydroxylation is 1. The van der Waals surface area contributed by atoms with E-state index in [0.29, 0.717) is 12.8 Å². The fraction of sp³-hybridized carbons (Fsp3) is 0.625. The molecule has 1 aliphatic rings. The number of hydrogen-bond acceptors (Lipinski definition) is 1. The van der Waals surface area contributed by atoms with Gasteiger partial charge in [-0.15, -0.1) is 0 Å². The molecular formula is C16H20F4O.